The molecule has 2 aliphatic rings. The standard InChI is InChI=1S/C28H44N8O4/c1-21-16-36(22(2)19-37)27(38)6-5-11-35-17-24(30-31-35)20-40-26(21)18-33(4)28(39)29-23-7-9-25(10-8-23)34-14-12-32(3)13-15-34/h7-10,17,21-22,26,37H,5-6,11-16,18-20H2,1-4H3,(H,29,39)/t21-,22-,26+/m0/s1. The smallest absolute Gasteiger partial charge is 0.321 e. The zero-order valence-electron chi connectivity index (χ0n) is 24.2. The van der Waals surface area contributed by atoms with Crippen LogP contribution in [0.3, 0.4) is 0 Å². The molecule has 4 rings (SSSR count). The summed E-state index contributed by atoms with van der Waals surface area (Å²) in [5, 5.41) is 21.1. The van der Waals surface area contributed by atoms with Crippen LogP contribution in [0.4, 0.5) is 16.2 Å². The Morgan fingerprint density at radius 1 is 1.20 bits per heavy atom. The Morgan fingerprint density at radius 2 is 1.93 bits per heavy atom. The lowest BCUT2D eigenvalue weighted by atomic mass is 10.0. The minimum atomic E-state index is -0.373. The molecule has 1 saturated heterocycles. The summed E-state index contributed by atoms with van der Waals surface area (Å²) in [6.07, 6.45) is 2.45. The van der Waals surface area contributed by atoms with Crippen LogP contribution in [-0.4, -0.2) is 119 Å². The molecule has 0 radical (unpaired) electrons. The summed E-state index contributed by atoms with van der Waals surface area (Å²) in [6, 6.07) is 7.40. The number of aryl methyl sites for hydroxylation is 1. The first-order valence-corrected chi connectivity index (χ1v) is 14.2. The molecule has 12 nitrogen and oxygen atoms in total. The van der Waals surface area contributed by atoms with Gasteiger partial charge >= 0.3 is 6.03 Å². The maximum absolute atomic E-state index is 13.1. The zero-order valence-corrected chi connectivity index (χ0v) is 24.2. The summed E-state index contributed by atoms with van der Waals surface area (Å²) in [5.74, 6) is -0.121. The van der Waals surface area contributed by atoms with E-state index in [2.05, 4.69) is 32.5 Å². The molecule has 1 fully saturated rings. The van der Waals surface area contributed by atoms with E-state index in [1.165, 1.54) is 0 Å². The number of rotatable bonds is 6. The molecule has 1 aromatic heterocycles. The number of carbonyl (C=O) groups excluding carboxylic acids is 2. The SMILES string of the molecule is C[C@H]1CN([C@@H](C)CO)C(=O)CCCn2cc(nn2)CO[C@@H]1CN(C)C(=O)Nc1ccc(N2CCN(C)CC2)cc1. The number of benzene rings is 1. The molecule has 40 heavy (non-hydrogen) atoms. The number of aromatic nitrogens is 3. The van der Waals surface area contributed by atoms with Crippen molar-refractivity contribution in [1.82, 2.24) is 29.7 Å². The number of anilines is 2. The largest absolute Gasteiger partial charge is 0.394 e. The number of nitrogens with one attached hydrogen (secondary N) is 1. The second-order valence-electron chi connectivity index (χ2n) is 11.1. The molecule has 3 heterocycles. The molecule has 0 saturated carbocycles. The predicted octanol–water partition coefficient (Wildman–Crippen LogP) is 1.72. The lowest BCUT2D eigenvalue weighted by molar-refractivity contribution is -0.136. The molecule has 2 aliphatic heterocycles. The van der Waals surface area contributed by atoms with Crippen LogP contribution < -0.4 is 10.2 Å². The number of hydrogen-bond acceptors (Lipinski definition) is 8. The van der Waals surface area contributed by atoms with E-state index in [0.717, 1.165) is 37.6 Å². The number of amides is 3. The Balaban J connectivity index is 1.41. The van der Waals surface area contributed by atoms with Gasteiger partial charge in [-0.1, -0.05) is 12.1 Å². The van der Waals surface area contributed by atoms with Crippen LogP contribution in [0.25, 0.3) is 0 Å². The molecule has 220 valence electrons. The fraction of sp³-hybridized carbons (Fsp3) is 0.643. The first-order valence-electron chi connectivity index (χ1n) is 14.2. The third-order valence-corrected chi connectivity index (χ3v) is 7.83. The van der Waals surface area contributed by atoms with Gasteiger partial charge in [0.05, 0.1) is 31.6 Å². The van der Waals surface area contributed by atoms with Crippen LogP contribution in [0.1, 0.15) is 32.4 Å². The second-order valence-corrected chi connectivity index (χ2v) is 11.1. The van der Waals surface area contributed by atoms with E-state index >= 15 is 0 Å². The van der Waals surface area contributed by atoms with Gasteiger partial charge in [-0.15, -0.1) is 5.10 Å². The molecule has 2 bridgehead atoms. The van der Waals surface area contributed by atoms with Crippen molar-refractivity contribution in [2.45, 2.75) is 52.0 Å². The summed E-state index contributed by atoms with van der Waals surface area (Å²) in [6.45, 7) is 9.34. The first kappa shape index (κ1) is 29.8. The Bertz CT molecular complexity index is 1100. The summed E-state index contributed by atoms with van der Waals surface area (Å²) >= 11 is 0. The maximum atomic E-state index is 13.1. The van der Waals surface area contributed by atoms with Crippen molar-refractivity contribution in [3.05, 3.63) is 36.2 Å². The Morgan fingerprint density at radius 3 is 2.62 bits per heavy atom. The van der Waals surface area contributed by atoms with Gasteiger partial charge in [0.25, 0.3) is 0 Å². The Kier molecular flexibility index (Phi) is 10.3. The number of piperazine rings is 1. The van der Waals surface area contributed by atoms with Gasteiger partial charge in [0.2, 0.25) is 5.91 Å². The van der Waals surface area contributed by atoms with Crippen molar-refractivity contribution < 1.29 is 19.4 Å². The van der Waals surface area contributed by atoms with Crippen LogP contribution in [-0.2, 0) is 22.7 Å². The molecule has 2 N–H and O–H groups in total. The molecule has 3 amide bonds. The summed E-state index contributed by atoms with van der Waals surface area (Å²) < 4.78 is 8.00. The normalized spacial score (nSPS) is 22.2. The van der Waals surface area contributed by atoms with Crippen molar-refractivity contribution in [3.8, 4) is 0 Å². The first-order chi connectivity index (χ1) is 19.2. The number of nitrogens with zero attached hydrogens (tertiary/aromatic N) is 7. The highest BCUT2D eigenvalue weighted by molar-refractivity contribution is 5.89. The summed E-state index contributed by atoms with van der Waals surface area (Å²) in [4.78, 5) is 34.2. The van der Waals surface area contributed by atoms with E-state index in [9.17, 15) is 14.7 Å². The topological polar surface area (TPSA) is 119 Å². The van der Waals surface area contributed by atoms with E-state index < -0.39 is 0 Å². The highest BCUT2D eigenvalue weighted by atomic mass is 16.5. The zero-order chi connectivity index (χ0) is 28.6. The minimum Gasteiger partial charge on any atom is -0.394 e. The minimum absolute atomic E-state index is 0.0159. The van der Waals surface area contributed by atoms with Gasteiger partial charge in [-0.3, -0.25) is 9.48 Å². The summed E-state index contributed by atoms with van der Waals surface area (Å²) in [7, 11) is 3.87. The number of hydrogen-bond donors (Lipinski definition) is 2. The second kappa shape index (κ2) is 13.9. The molecule has 12 heteroatoms. The highest BCUT2D eigenvalue weighted by Gasteiger charge is 2.29. The third-order valence-electron chi connectivity index (χ3n) is 7.83. The molecule has 1 aromatic carbocycles. The van der Waals surface area contributed by atoms with E-state index in [1.807, 2.05) is 44.3 Å². The predicted molar refractivity (Wildman–Crippen MR) is 153 cm³/mol. The lowest BCUT2D eigenvalue weighted by Gasteiger charge is -2.35. The molecule has 0 spiro atoms. The fourth-order valence-electron chi connectivity index (χ4n) is 5.09. The van der Waals surface area contributed by atoms with Crippen LogP contribution in [0.5, 0.6) is 0 Å². The van der Waals surface area contributed by atoms with E-state index in [-0.39, 0.29) is 43.2 Å². The van der Waals surface area contributed by atoms with E-state index in [0.29, 0.717) is 38.2 Å². The van der Waals surface area contributed by atoms with Gasteiger partial charge in [-0.05, 0) is 44.7 Å². The van der Waals surface area contributed by atoms with Crippen molar-refractivity contribution in [2.24, 2.45) is 5.92 Å². The molecule has 2 aromatic rings. The van der Waals surface area contributed by atoms with Crippen molar-refractivity contribution in [2.75, 3.05) is 70.2 Å². The monoisotopic (exact) mass is 556 g/mol. The number of likely N-dealkylation sites (N-methyl/N-ethyl adjacent to an activating group) is 2. The van der Waals surface area contributed by atoms with Crippen LogP contribution in [0, 0.1) is 5.92 Å². The van der Waals surface area contributed by atoms with Crippen LogP contribution in [0.2, 0.25) is 0 Å². The maximum Gasteiger partial charge on any atom is 0.321 e. The Labute approximate surface area is 236 Å². The van der Waals surface area contributed by atoms with Crippen molar-refractivity contribution in [1.29, 1.82) is 0 Å². The van der Waals surface area contributed by atoms with Gasteiger partial charge in [0.1, 0.15) is 5.69 Å². The number of urea groups is 1. The van der Waals surface area contributed by atoms with Gasteiger partial charge < -0.3 is 34.8 Å². The summed E-state index contributed by atoms with van der Waals surface area (Å²) in [5.41, 5.74) is 2.58. The van der Waals surface area contributed by atoms with Gasteiger partial charge in [0, 0.05) is 76.6 Å². The molecule has 0 aliphatic carbocycles. The van der Waals surface area contributed by atoms with Crippen molar-refractivity contribution >= 4 is 23.3 Å². The van der Waals surface area contributed by atoms with E-state index in [4.69, 9.17) is 4.74 Å². The molecule has 3 atom stereocenters. The number of aliphatic hydroxyl groups is 1. The Hall–Kier alpha value is -3.22. The molecular formula is C28H44N8O4. The average molecular weight is 557 g/mol. The van der Waals surface area contributed by atoms with Gasteiger partial charge in [-0.25, -0.2) is 4.79 Å². The molecule has 0 unspecified atom stereocenters. The number of fused-ring (bicyclic) bond motifs is 2. The lowest BCUT2D eigenvalue weighted by Crippen LogP contribution is -2.48. The van der Waals surface area contributed by atoms with Crippen LogP contribution in [0.15, 0.2) is 30.5 Å². The van der Waals surface area contributed by atoms with Crippen molar-refractivity contribution in [3.63, 3.8) is 0 Å². The molecular weight excluding hydrogens is 512 g/mol. The number of carbonyl (C=O) groups is 2. The quantitative estimate of drug-likeness (QED) is 0.552. The average Bonchev–Trinajstić information content (AvgIpc) is 3.41. The van der Waals surface area contributed by atoms with E-state index in [1.54, 1.807) is 21.5 Å². The fourth-order valence-corrected chi connectivity index (χ4v) is 5.09. The van der Waals surface area contributed by atoms with Crippen LogP contribution >= 0.6 is 0 Å². The van der Waals surface area contributed by atoms with Gasteiger partial charge in [0.15, 0.2) is 0 Å². The highest BCUT2D eigenvalue weighted by Crippen LogP contribution is 2.21. The third kappa shape index (κ3) is 7.92. The van der Waals surface area contributed by atoms with Gasteiger partial charge in [-0.2, -0.15) is 0 Å². The number of ether oxygens (including phenoxy) is 1. The number of aliphatic hydroxyl groups excluding tert-OH is 1.